The number of carbonyl (C=O) groups is 1. The molecule has 112 valence electrons. The van der Waals surface area contributed by atoms with Crippen LogP contribution in [-0.4, -0.2) is 60.6 Å². The first kappa shape index (κ1) is 15.2. The van der Waals surface area contributed by atoms with E-state index >= 15 is 0 Å². The zero-order chi connectivity index (χ0) is 14.5. The Hall–Kier alpha value is -1.18. The average Bonchev–Trinajstić information content (AvgIpc) is 2.79. The largest absolute Gasteiger partial charge is 0.469 e. The summed E-state index contributed by atoms with van der Waals surface area (Å²) in [4.78, 5) is 31.2. The molecule has 0 radical (unpaired) electrons. The predicted octanol–water partition coefficient (Wildman–Crippen LogP) is 0.289. The summed E-state index contributed by atoms with van der Waals surface area (Å²) in [6, 6.07) is 0. The first-order valence-corrected chi connectivity index (χ1v) is 7.66. The van der Waals surface area contributed by atoms with Gasteiger partial charge in [0.1, 0.15) is 0 Å². The third-order valence-corrected chi connectivity index (χ3v) is 4.54. The maximum absolute atomic E-state index is 11.5. The van der Waals surface area contributed by atoms with E-state index in [-0.39, 0.29) is 17.3 Å². The van der Waals surface area contributed by atoms with Crippen molar-refractivity contribution in [3.05, 3.63) is 20.2 Å². The van der Waals surface area contributed by atoms with Gasteiger partial charge in [0, 0.05) is 43.3 Å². The van der Waals surface area contributed by atoms with E-state index in [1.807, 2.05) is 0 Å². The molecule has 1 aromatic rings. The summed E-state index contributed by atoms with van der Waals surface area (Å²) in [5.74, 6) is -0.323. The number of hydrogen-bond donors (Lipinski definition) is 1. The van der Waals surface area contributed by atoms with E-state index in [0.29, 0.717) is 5.69 Å². The van der Waals surface area contributed by atoms with Gasteiger partial charge in [-0.2, -0.15) is 0 Å². The molecule has 20 heavy (non-hydrogen) atoms. The molecule has 2 heterocycles. The van der Waals surface area contributed by atoms with E-state index in [9.17, 15) is 9.59 Å². The van der Waals surface area contributed by atoms with Gasteiger partial charge in [-0.3, -0.25) is 14.5 Å². The number of rotatable bonds is 5. The molecule has 1 aliphatic heterocycles. The van der Waals surface area contributed by atoms with Crippen molar-refractivity contribution >= 4 is 17.3 Å². The van der Waals surface area contributed by atoms with Gasteiger partial charge in [-0.25, -0.2) is 0 Å². The Morgan fingerprint density at radius 3 is 2.55 bits per heavy atom. The van der Waals surface area contributed by atoms with Gasteiger partial charge in [0.15, 0.2) is 0 Å². The number of aromatic nitrogens is 1. The second-order valence-electron chi connectivity index (χ2n) is 4.88. The second kappa shape index (κ2) is 7.01. The van der Waals surface area contributed by atoms with Crippen molar-refractivity contribution in [2.24, 2.45) is 0 Å². The summed E-state index contributed by atoms with van der Waals surface area (Å²) < 4.78 is 4.66. The summed E-state index contributed by atoms with van der Waals surface area (Å²) in [6.45, 7) is 8.09. The number of likely N-dealkylation sites (N-methyl/N-ethyl adjacent to an activating group) is 1. The maximum Gasteiger partial charge on any atom is 0.311 e. The zero-order valence-corrected chi connectivity index (χ0v) is 12.8. The van der Waals surface area contributed by atoms with Crippen molar-refractivity contribution in [2.75, 3.05) is 39.8 Å². The Labute approximate surface area is 122 Å². The minimum atomic E-state index is -0.323. The lowest BCUT2D eigenvalue weighted by Crippen LogP contribution is -2.45. The van der Waals surface area contributed by atoms with Crippen molar-refractivity contribution in [1.82, 2.24) is 14.8 Å². The van der Waals surface area contributed by atoms with Crippen LogP contribution >= 0.6 is 11.3 Å². The Kier molecular flexibility index (Phi) is 5.33. The molecule has 1 aromatic heterocycles. The molecule has 6 nitrogen and oxygen atoms in total. The van der Waals surface area contributed by atoms with Gasteiger partial charge in [0.05, 0.1) is 13.5 Å². The van der Waals surface area contributed by atoms with Crippen LogP contribution in [0, 0.1) is 0 Å². The molecule has 1 saturated heterocycles. The SMILES string of the molecule is CCN1CCN(Cc2sc(=O)[nH]c2CC(=O)OC)CC1. The Bertz CT molecular complexity index is 503. The number of nitrogens with one attached hydrogen (secondary N) is 1. The molecular weight excluding hydrogens is 278 g/mol. The van der Waals surface area contributed by atoms with Gasteiger partial charge in [-0.1, -0.05) is 18.3 Å². The van der Waals surface area contributed by atoms with Gasteiger partial charge in [-0.15, -0.1) is 0 Å². The molecular formula is C13H21N3O3S. The number of methoxy groups -OCH3 is 1. The van der Waals surface area contributed by atoms with E-state index in [4.69, 9.17) is 0 Å². The topological polar surface area (TPSA) is 65.6 Å². The Balaban J connectivity index is 1.99. The molecule has 0 bridgehead atoms. The molecule has 0 aromatic carbocycles. The number of esters is 1. The average molecular weight is 299 g/mol. The molecule has 0 aliphatic carbocycles. The summed E-state index contributed by atoms with van der Waals surface area (Å²) in [7, 11) is 1.36. The van der Waals surface area contributed by atoms with Crippen molar-refractivity contribution in [3.8, 4) is 0 Å². The molecule has 0 atom stereocenters. The van der Waals surface area contributed by atoms with Crippen molar-refractivity contribution in [2.45, 2.75) is 19.9 Å². The number of thiazole rings is 1. The van der Waals surface area contributed by atoms with E-state index in [1.54, 1.807) is 0 Å². The van der Waals surface area contributed by atoms with E-state index in [1.165, 1.54) is 18.4 Å². The molecule has 7 heteroatoms. The van der Waals surface area contributed by atoms with E-state index < -0.39 is 0 Å². The lowest BCUT2D eigenvalue weighted by molar-refractivity contribution is -0.139. The summed E-state index contributed by atoms with van der Waals surface area (Å²) in [5, 5.41) is 0. The van der Waals surface area contributed by atoms with Gasteiger partial charge in [0.25, 0.3) is 0 Å². The van der Waals surface area contributed by atoms with Crippen molar-refractivity contribution < 1.29 is 9.53 Å². The fraction of sp³-hybridized carbons (Fsp3) is 0.692. The number of ether oxygens (including phenoxy) is 1. The second-order valence-corrected chi connectivity index (χ2v) is 5.95. The minimum absolute atomic E-state index is 0.105. The van der Waals surface area contributed by atoms with Crippen LogP contribution in [0.5, 0.6) is 0 Å². The van der Waals surface area contributed by atoms with Crippen LogP contribution in [0.2, 0.25) is 0 Å². The number of hydrogen-bond acceptors (Lipinski definition) is 6. The molecule has 1 aliphatic rings. The van der Waals surface area contributed by atoms with Gasteiger partial charge in [-0.05, 0) is 6.54 Å². The molecule has 1 N–H and O–H groups in total. The number of piperazine rings is 1. The number of nitrogens with zero attached hydrogens (tertiary/aromatic N) is 2. The normalized spacial score (nSPS) is 17.3. The number of carbonyl (C=O) groups excluding carboxylic acids is 1. The first-order valence-electron chi connectivity index (χ1n) is 6.84. The number of aromatic amines is 1. The van der Waals surface area contributed by atoms with E-state index in [0.717, 1.165) is 44.1 Å². The van der Waals surface area contributed by atoms with Crippen LogP contribution in [0.1, 0.15) is 17.5 Å². The van der Waals surface area contributed by atoms with Gasteiger partial charge >= 0.3 is 10.8 Å². The van der Waals surface area contributed by atoms with Crippen LogP contribution in [0.4, 0.5) is 0 Å². The van der Waals surface area contributed by atoms with Crippen LogP contribution in [-0.2, 0) is 22.5 Å². The quantitative estimate of drug-likeness (QED) is 0.792. The monoisotopic (exact) mass is 299 g/mol. The molecule has 0 amide bonds. The Morgan fingerprint density at radius 1 is 1.30 bits per heavy atom. The molecule has 1 fully saturated rings. The van der Waals surface area contributed by atoms with E-state index in [2.05, 4.69) is 26.4 Å². The summed E-state index contributed by atoms with van der Waals surface area (Å²) in [6.07, 6.45) is 0.138. The van der Waals surface area contributed by atoms with Gasteiger partial charge < -0.3 is 14.6 Å². The highest BCUT2D eigenvalue weighted by Gasteiger charge is 2.19. The van der Waals surface area contributed by atoms with Crippen LogP contribution < -0.4 is 4.87 Å². The lowest BCUT2D eigenvalue weighted by Gasteiger charge is -2.33. The third kappa shape index (κ3) is 3.91. The fourth-order valence-electron chi connectivity index (χ4n) is 2.35. The zero-order valence-electron chi connectivity index (χ0n) is 12.0. The highest BCUT2D eigenvalue weighted by atomic mass is 32.1. The first-order chi connectivity index (χ1) is 9.62. The highest BCUT2D eigenvalue weighted by Crippen LogP contribution is 2.15. The lowest BCUT2D eigenvalue weighted by atomic mass is 10.2. The fourth-order valence-corrected chi connectivity index (χ4v) is 3.24. The number of H-pyrrole nitrogens is 1. The van der Waals surface area contributed by atoms with Crippen LogP contribution in [0.25, 0.3) is 0 Å². The summed E-state index contributed by atoms with van der Waals surface area (Å²) in [5.41, 5.74) is 0.699. The summed E-state index contributed by atoms with van der Waals surface area (Å²) >= 11 is 1.19. The third-order valence-electron chi connectivity index (χ3n) is 3.63. The predicted molar refractivity (Wildman–Crippen MR) is 78.1 cm³/mol. The van der Waals surface area contributed by atoms with Crippen LogP contribution in [0.3, 0.4) is 0 Å². The highest BCUT2D eigenvalue weighted by molar-refractivity contribution is 7.09. The van der Waals surface area contributed by atoms with Crippen molar-refractivity contribution in [3.63, 3.8) is 0 Å². The smallest absolute Gasteiger partial charge is 0.311 e. The molecule has 0 spiro atoms. The van der Waals surface area contributed by atoms with Crippen LogP contribution in [0.15, 0.2) is 4.79 Å². The molecule has 0 unspecified atom stereocenters. The Morgan fingerprint density at radius 2 is 1.95 bits per heavy atom. The standard InChI is InChI=1S/C13H21N3O3S/c1-3-15-4-6-16(7-5-15)9-11-10(8-12(17)19-2)14-13(18)20-11/h3-9H2,1-2H3,(H,14,18). The molecule has 0 saturated carbocycles. The van der Waals surface area contributed by atoms with Crippen molar-refractivity contribution in [1.29, 1.82) is 0 Å². The minimum Gasteiger partial charge on any atom is -0.469 e. The maximum atomic E-state index is 11.5. The molecule has 2 rings (SSSR count). The van der Waals surface area contributed by atoms with Gasteiger partial charge in [0.2, 0.25) is 0 Å².